The molecule has 1 atom stereocenters. The minimum absolute atomic E-state index is 0.0748. The van der Waals surface area contributed by atoms with Gasteiger partial charge in [-0.05, 0) is 49.1 Å². The van der Waals surface area contributed by atoms with Crippen LogP contribution in [0.1, 0.15) is 40.3 Å². The van der Waals surface area contributed by atoms with Crippen LogP contribution in [0, 0.1) is 0 Å². The number of anilines is 1. The highest BCUT2D eigenvalue weighted by molar-refractivity contribution is 7.12. The summed E-state index contributed by atoms with van der Waals surface area (Å²) in [6.45, 7) is 3.12. The molecular formula is C19H21N3O5S. The summed E-state index contributed by atoms with van der Waals surface area (Å²) in [7, 11) is 0. The number of amides is 4. The molecule has 8 nitrogen and oxygen atoms in total. The molecule has 3 N–H and O–H groups in total. The number of esters is 1. The number of thiophene rings is 1. The molecule has 1 heterocycles. The topological polar surface area (TPSA) is 114 Å². The first kappa shape index (κ1) is 21.1. The molecule has 0 fully saturated rings. The van der Waals surface area contributed by atoms with Crippen molar-refractivity contribution in [3.05, 3.63) is 52.2 Å². The second kappa shape index (κ2) is 10.2. The number of benzene rings is 1. The summed E-state index contributed by atoms with van der Waals surface area (Å²) in [4.78, 5) is 47.7. The summed E-state index contributed by atoms with van der Waals surface area (Å²) in [6, 6.07) is 8.84. The Morgan fingerprint density at radius 1 is 1.11 bits per heavy atom. The number of carbonyl (C=O) groups is 4. The van der Waals surface area contributed by atoms with Crippen molar-refractivity contribution in [2.24, 2.45) is 0 Å². The van der Waals surface area contributed by atoms with Crippen LogP contribution in [0.3, 0.4) is 0 Å². The third kappa shape index (κ3) is 6.51. The molecule has 0 unspecified atom stereocenters. The first-order chi connectivity index (χ1) is 13.4. The molecule has 0 bridgehead atoms. The van der Waals surface area contributed by atoms with Crippen molar-refractivity contribution < 1.29 is 23.9 Å². The van der Waals surface area contributed by atoms with Crippen LogP contribution in [-0.4, -0.2) is 36.5 Å². The number of rotatable bonds is 7. The van der Waals surface area contributed by atoms with Crippen LogP contribution in [0.4, 0.5) is 10.5 Å². The number of urea groups is 1. The molecule has 148 valence electrons. The van der Waals surface area contributed by atoms with E-state index >= 15 is 0 Å². The molecule has 0 radical (unpaired) electrons. The van der Waals surface area contributed by atoms with Crippen molar-refractivity contribution in [1.82, 2.24) is 10.6 Å². The van der Waals surface area contributed by atoms with Gasteiger partial charge in [0.15, 0.2) is 6.61 Å². The molecule has 9 heteroatoms. The van der Waals surface area contributed by atoms with Gasteiger partial charge >= 0.3 is 12.0 Å². The van der Waals surface area contributed by atoms with Crippen molar-refractivity contribution in [1.29, 1.82) is 0 Å². The lowest BCUT2D eigenvalue weighted by molar-refractivity contribution is -0.123. The van der Waals surface area contributed by atoms with Crippen molar-refractivity contribution in [2.75, 3.05) is 11.9 Å². The van der Waals surface area contributed by atoms with Crippen LogP contribution in [0.2, 0.25) is 0 Å². The van der Waals surface area contributed by atoms with Crippen molar-refractivity contribution in [3.63, 3.8) is 0 Å². The number of ether oxygens (including phenoxy) is 1. The highest BCUT2D eigenvalue weighted by atomic mass is 32.1. The Labute approximate surface area is 166 Å². The molecular weight excluding hydrogens is 382 g/mol. The lowest BCUT2D eigenvalue weighted by atomic mass is 10.2. The third-order valence-corrected chi connectivity index (χ3v) is 4.57. The van der Waals surface area contributed by atoms with E-state index in [1.54, 1.807) is 36.6 Å². The van der Waals surface area contributed by atoms with Gasteiger partial charge in [-0.15, -0.1) is 11.3 Å². The monoisotopic (exact) mass is 403 g/mol. The van der Waals surface area contributed by atoms with Crippen molar-refractivity contribution >= 4 is 40.8 Å². The number of imide groups is 1. The Morgan fingerprint density at radius 2 is 1.82 bits per heavy atom. The molecule has 0 spiro atoms. The summed E-state index contributed by atoms with van der Waals surface area (Å²) >= 11 is 1.32. The van der Waals surface area contributed by atoms with E-state index in [0.717, 1.165) is 6.42 Å². The van der Waals surface area contributed by atoms with Crippen molar-refractivity contribution in [3.8, 4) is 0 Å². The van der Waals surface area contributed by atoms with E-state index < -0.39 is 24.5 Å². The van der Waals surface area contributed by atoms with Gasteiger partial charge in [0, 0.05) is 11.7 Å². The molecule has 0 aliphatic rings. The van der Waals surface area contributed by atoms with Crippen LogP contribution in [0.5, 0.6) is 0 Å². The van der Waals surface area contributed by atoms with E-state index in [4.69, 9.17) is 4.74 Å². The van der Waals surface area contributed by atoms with Crippen molar-refractivity contribution in [2.45, 2.75) is 26.3 Å². The predicted molar refractivity (Wildman–Crippen MR) is 105 cm³/mol. The molecule has 2 rings (SSSR count). The van der Waals surface area contributed by atoms with Gasteiger partial charge < -0.3 is 15.4 Å². The van der Waals surface area contributed by atoms with Gasteiger partial charge in [-0.25, -0.2) is 9.59 Å². The second-order valence-corrected chi connectivity index (χ2v) is 6.86. The zero-order chi connectivity index (χ0) is 20.5. The van der Waals surface area contributed by atoms with Gasteiger partial charge in [0.05, 0.1) is 10.4 Å². The smallest absolute Gasteiger partial charge is 0.338 e. The number of nitrogens with one attached hydrogen (secondary N) is 3. The van der Waals surface area contributed by atoms with Crippen LogP contribution in [0.25, 0.3) is 0 Å². The molecule has 0 saturated heterocycles. The average Bonchev–Trinajstić information content (AvgIpc) is 3.21. The zero-order valence-electron chi connectivity index (χ0n) is 15.5. The van der Waals surface area contributed by atoms with Gasteiger partial charge in [0.1, 0.15) is 0 Å². The molecule has 0 saturated carbocycles. The molecule has 4 amide bonds. The molecule has 28 heavy (non-hydrogen) atoms. The third-order valence-electron chi connectivity index (χ3n) is 3.70. The van der Waals surface area contributed by atoms with E-state index in [1.165, 1.54) is 23.5 Å². The Hall–Kier alpha value is -3.20. The van der Waals surface area contributed by atoms with Gasteiger partial charge in [0.25, 0.3) is 11.8 Å². The molecule has 2 aromatic rings. The molecule has 1 aromatic carbocycles. The van der Waals surface area contributed by atoms with E-state index in [0.29, 0.717) is 10.6 Å². The van der Waals surface area contributed by atoms with Gasteiger partial charge in [0.2, 0.25) is 0 Å². The summed E-state index contributed by atoms with van der Waals surface area (Å²) in [5.41, 5.74) is 0.736. The first-order valence-corrected chi connectivity index (χ1v) is 9.49. The maximum Gasteiger partial charge on any atom is 0.338 e. The van der Waals surface area contributed by atoms with Crippen LogP contribution < -0.4 is 16.0 Å². The van der Waals surface area contributed by atoms with Gasteiger partial charge in [-0.2, -0.15) is 0 Å². The highest BCUT2D eigenvalue weighted by Gasteiger charge is 2.14. The predicted octanol–water partition coefficient (Wildman–Crippen LogP) is 2.78. The normalized spacial score (nSPS) is 11.2. The Bertz CT molecular complexity index is 834. The summed E-state index contributed by atoms with van der Waals surface area (Å²) in [6.07, 6.45) is 0.723. The second-order valence-electron chi connectivity index (χ2n) is 5.92. The summed E-state index contributed by atoms with van der Waals surface area (Å²) < 4.78 is 4.89. The lowest BCUT2D eigenvalue weighted by Crippen LogP contribution is -2.44. The Kier molecular flexibility index (Phi) is 7.70. The Morgan fingerprint density at radius 3 is 2.43 bits per heavy atom. The Balaban J connectivity index is 1.80. The fraction of sp³-hybridized carbons (Fsp3) is 0.263. The zero-order valence-corrected chi connectivity index (χ0v) is 16.3. The molecule has 0 aliphatic heterocycles. The largest absolute Gasteiger partial charge is 0.452 e. The standard InChI is InChI=1S/C19H21N3O5S/c1-3-12(2)20-19(26)22-16(23)11-27-18(25)13-6-8-14(9-7-13)21-17(24)15-5-4-10-28-15/h4-10,12H,3,11H2,1-2H3,(H,21,24)(H2,20,22,23,26)/t12-/m1/s1. The first-order valence-electron chi connectivity index (χ1n) is 8.61. The average molecular weight is 403 g/mol. The number of carbonyl (C=O) groups excluding carboxylic acids is 4. The van der Waals surface area contributed by atoms with Crippen LogP contribution in [-0.2, 0) is 9.53 Å². The van der Waals surface area contributed by atoms with E-state index in [2.05, 4.69) is 16.0 Å². The SMILES string of the molecule is CC[C@@H](C)NC(=O)NC(=O)COC(=O)c1ccc(NC(=O)c2cccs2)cc1. The minimum atomic E-state index is -0.728. The minimum Gasteiger partial charge on any atom is -0.452 e. The quantitative estimate of drug-likeness (QED) is 0.615. The lowest BCUT2D eigenvalue weighted by Gasteiger charge is -2.11. The van der Waals surface area contributed by atoms with Crippen LogP contribution >= 0.6 is 11.3 Å². The van der Waals surface area contributed by atoms with E-state index in [1.807, 2.05) is 6.92 Å². The summed E-state index contributed by atoms with van der Waals surface area (Å²) in [5, 5.41) is 9.17. The number of hydrogen-bond acceptors (Lipinski definition) is 6. The fourth-order valence-electron chi connectivity index (χ4n) is 2.03. The maximum atomic E-state index is 12.0. The van der Waals surface area contributed by atoms with Gasteiger partial charge in [-0.1, -0.05) is 13.0 Å². The fourth-order valence-corrected chi connectivity index (χ4v) is 2.65. The van der Waals surface area contributed by atoms with E-state index in [-0.39, 0.29) is 17.5 Å². The van der Waals surface area contributed by atoms with E-state index in [9.17, 15) is 19.2 Å². The molecule has 1 aromatic heterocycles. The van der Waals surface area contributed by atoms with Gasteiger partial charge in [-0.3, -0.25) is 14.9 Å². The number of hydrogen-bond donors (Lipinski definition) is 3. The maximum absolute atomic E-state index is 12.0. The van der Waals surface area contributed by atoms with Crippen LogP contribution in [0.15, 0.2) is 41.8 Å². The molecule has 0 aliphatic carbocycles. The highest BCUT2D eigenvalue weighted by Crippen LogP contribution is 2.14. The summed E-state index contributed by atoms with van der Waals surface area (Å²) in [5.74, 6) is -1.68.